The van der Waals surface area contributed by atoms with Gasteiger partial charge in [0, 0.05) is 44.5 Å². The maximum atomic E-state index is 13.8. The van der Waals surface area contributed by atoms with Crippen molar-refractivity contribution in [2.75, 3.05) is 31.6 Å². The number of hydrogen-bond acceptors (Lipinski definition) is 4. The van der Waals surface area contributed by atoms with Crippen LogP contribution in [0.1, 0.15) is 22.3 Å². The van der Waals surface area contributed by atoms with Gasteiger partial charge in [-0.05, 0) is 71.5 Å². The van der Waals surface area contributed by atoms with Crippen molar-refractivity contribution in [3.8, 4) is 0 Å². The van der Waals surface area contributed by atoms with Crippen LogP contribution >= 0.6 is 0 Å². The molecule has 0 bridgehead atoms. The molecule has 3 N–H and O–H groups in total. The van der Waals surface area contributed by atoms with E-state index in [-0.39, 0.29) is 24.3 Å². The van der Waals surface area contributed by atoms with Crippen molar-refractivity contribution >= 4 is 5.69 Å². The van der Waals surface area contributed by atoms with Crippen LogP contribution in [0.5, 0.6) is 0 Å². The number of hydrogen-bond donors (Lipinski definition) is 3. The second-order valence-corrected chi connectivity index (χ2v) is 8.60. The molecular formula is C27H31F2N3O. The molecule has 4 nitrogen and oxygen atoms in total. The average Bonchev–Trinajstić information content (AvgIpc) is 2.83. The van der Waals surface area contributed by atoms with Crippen molar-refractivity contribution < 1.29 is 13.9 Å². The maximum absolute atomic E-state index is 13.8. The molecule has 0 aromatic heterocycles. The summed E-state index contributed by atoms with van der Waals surface area (Å²) in [6, 6.07) is 20.2. The molecule has 6 heteroatoms. The van der Waals surface area contributed by atoms with E-state index in [4.69, 9.17) is 5.11 Å². The maximum Gasteiger partial charge on any atom is 0.123 e. The van der Waals surface area contributed by atoms with E-state index >= 15 is 0 Å². The zero-order valence-corrected chi connectivity index (χ0v) is 18.7. The molecule has 1 aliphatic rings. The third-order valence-electron chi connectivity index (χ3n) is 6.20. The van der Waals surface area contributed by atoms with Crippen LogP contribution in [0, 0.1) is 11.6 Å². The second kappa shape index (κ2) is 11.4. The summed E-state index contributed by atoms with van der Waals surface area (Å²) in [5.41, 5.74) is 5.54. The van der Waals surface area contributed by atoms with Gasteiger partial charge in [-0.3, -0.25) is 4.90 Å². The highest BCUT2D eigenvalue weighted by molar-refractivity contribution is 5.44. The molecule has 0 saturated heterocycles. The van der Waals surface area contributed by atoms with Gasteiger partial charge >= 0.3 is 0 Å². The molecule has 3 aromatic rings. The van der Waals surface area contributed by atoms with E-state index in [1.54, 1.807) is 6.07 Å². The van der Waals surface area contributed by atoms with Crippen LogP contribution in [0.4, 0.5) is 14.5 Å². The quantitative estimate of drug-likeness (QED) is 0.406. The lowest BCUT2D eigenvalue weighted by atomic mass is 9.90. The minimum atomic E-state index is -0.229. The number of fused-ring (bicyclic) bond motifs is 1. The Kier molecular flexibility index (Phi) is 8.05. The molecule has 0 aliphatic carbocycles. The minimum absolute atomic E-state index is 0.112. The Morgan fingerprint density at radius 2 is 1.58 bits per heavy atom. The highest BCUT2D eigenvalue weighted by atomic mass is 19.1. The molecule has 1 atom stereocenters. The van der Waals surface area contributed by atoms with Crippen molar-refractivity contribution in [1.82, 2.24) is 10.2 Å². The van der Waals surface area contributed by atoms with Crippen LogP contribution in [0.3, 0.4) is 0 Å². The van der Waals surface area contributed by atoms with Crippen LogP contribution in [0.2, 0.25) is 0 Å². The first-order valence-electron chi connectivity index (χ1n) is 11.5. The largest absolute Gasteiger partial charge is 0.395 e. The summed E-state index contributed by atoms with van der Waals surface area (Å²) in [6.07, 6.45) is 1.59. The number of nitrogens with zero attached hydrogens (tertiary/aromatic N) is 1. The summed E-state index contributed by atoms with van der Waals surface area (Å²) in [5, 5.41) is 15.6. The highest BCUT2D eigenvalue weighted by Gasteiger charge is 2.26. The van der Waals surface area contributed by atoms with Gasteiger partial charge < -0.3 is 15.7 Å². The van der Waals surface area contributed by atoms with Gasteiger partial charge in [0.25, 0.3) is 0 Å². The molecule has 0 saturated carbocycles. The predicted octanol–water partition coefficient (Wildman–Crippen LogP) is 4.13. The van der Waals surface area contributed by atoms with E-state index in [1.165, 1.54) is 29.3 Å². The molecule has 0 fully saturated rings. The van der Waals surface area contributed by atoms with Gasteiger partial charge in [0.1, 0.15) is 11.6 Å². The number of aliphatic hydroxyl groups is 1. The van der Waals surface area contributed by atoms with E-state index in [0.717, 1.165) is 55.8 Å². The Hall–Kier alpha value is -2.80. The summed E-state index contributed by atoms with van der Waals surface area (Å²) in [6.45, 7) is 3.93. The Balaban J connectivity index is 1.35. The molecular weight excluding hydrogens is 420 g/mol. The SMILES string of the molecule is OCCNc1ccc(CNCCN2Cc3ccc(F)cc3CC2Cc2ccc(F)cc2)cc1. The number of aliphatic hydroxyl groups excluding tert-OH is 1. The number of rotatable bonds is 10. The fraction of sp³-hybridized carbons (Fsp3) is 0.333. The smallest absolute Gasteiger partial charge is 0.123 e. The molecule has 33 heavy (non-hydrogen) atoms. The molecule has 0 spiro atoms. The van der Waals surface area contributed by atoms with E-state index in [2.05, 4.69) is 27.7 Å². The molecule has 1 aliphatic heterocycles. The monoisotopic (exact) mass is 451 g/mol. The van der Waals surface area contributed by atoms with Crippen molar-refractivity contribution in [3.05, 3.63) is 101 Å². The second-order valence-electron chi connectivity index (χ2n) is 8.60. The summed E-state index contributed by atoms with van der Waals surface area (Å²) in [7, 11) is 0. The highest BCUT2D eigenvalue weighted by Crippen LogP contribution is 2.26. The van der Waals surface area contributed by atoms with Crippen molar-refractivity contribution in [2.45, 2.75) is 32.0 Å². The third kappa shape index (κ3) is 6.60. The Labute approximate surface area is 194 Å². The van der Waals surface area contributed by atoms with Gasteiger partial charge in [0.15, 0.2) is 0 Å². The van der Waals surface area contributed by atoms with E-state index in [0.29, 0.717) is 6.54 Å². The van der Waals surface area contributed by atoms with Gasteiger partial charge in [-0.15, -0.1) is 0 Å². The van der Waals surface area contributed by atoms with E-state index in [9.17, 15) is 8.78 Å². The van der Waals surface area contributed by atoms with E-state index < -0.39 is 0 Å². The lowest BCUT2D eigenvalue weighted by Gasteiger charge is -2.37. The van der Waals surface area contributed by atoms with Gasteiger partial charge in [0.05, 0.1) is 6.61 Å². The van der Waals surface area contributed by atoms with Gasteiger partial charge in [0.2, 0.25) is 0 Å². The molecule has 3 aromatic carbocycles. The molecule has 0 amide bonds. The van der Waals surface area contributed by atoms with Crippen LogP contribution in [0.15, 0.2) is 66.7 Å². The number of nitrogens with one attached hydrogen (secondary N) is 2. The average molecular weight is 452 g/mol. The number of benzene rings is 3. The van der Waals surface area contributed by atoms with Gasteiger partial charge in [-0.2, -0.15) is 0 Å². The standard InChI is InChI=1S/C27H31F2N3O/c28-24-6-1-20(2-7-24)15-27-17-23-16-25(29)8-5-22(23)19-32(27)13-11-30-18-21-3-9-26(10-4-21)31-12-14-33/h1-10,16,27,30-31,33H,11-15,17-19H2. The minimum Gasteiger partial charge on any atom is -0.395 e. The van der Waals surface area contributed by atoms with Crippen LogP contribution in [-0.4, -0.2) is 42.3 Å². The van der Waals surface area contributed by atoms with Crippen molar-refractivity contribution in [3.63, 3.8) is 0 Å². The van der Waals surface area contributed by atoms with Crippen LogP contribution in [0.25, 0.3) is 0 Å². The molecule has 174 valence electrons. The van der Waals surface area contributed by atoms with Crippen molar-refractivity contribution in [1.29, 1.82) is 0 Å². The first-order valence-corrected chi connectivity index (χ1v) is 11.5. The summed E-state index contributed by atoms with van der Waals surface area (Å²) in [4.78, 5) is 2.44. The third-order valence-corrected chi connectivity index (χ3v) is 6.20. The van der Waals surface area contributed by atoms with Gasteiger partial charge in [-0.25, -0.2) is 8.78 Å². The lowest BCUT2D eigenvalue weighted by molar-refractivity contribution is 0.170. The Bertz CT molecular complexity index is 1020. The fourth-order valence-corrected chi connectivity index (χ4v) is 4.42. The number of halogens is 2. The summed E-state index contributed by atoms with van der Waals surface area (Å²) in [5.74, 6) is -0.421. The Morgan fingerprint density at radius 1 is 0.848 bits per heavy atom. The Morgan fingerprint density at radius 3 is 2.33 bits per heavy atom. The number of anilines is 1. The van der Waals surface area contributed by atoms with Gasteiger partial charge in [-0.1, -0.05) is 30.3 Å². The first kappa shape index (κ1) is 23.4. The predicted molar refractivity (Wildman–Crippen MR) is 128 cm³/mol. The zero-order valence-electron chi connectivity index (χ0n) is 18.7. The molecule has 0 radical (unpaired) electrons. The summed E-state index contributed by atoms with van der Waals surface area (Å²) >= 11 is 0. The fourth-order valence-electron chi connectivity index (χ4n) is 4.42. The molecule has 1 heterocycles. The van der Waals surface area contributed by atoms with Crippen LogP contribution < -0.4 is 10.6 Å². The van der Waals surface area contributed by atoms with Crippen LogP contribution in [-0.2, 0) is 25.9 Å². The molecule has 1 unspecified atom stereocenters. The molecule has 4 rings (SSSR count). The summed E-state index contributed by atoms with van der Waals surface area (Å²) < 4.78 is 27.1. The topological polar surface area (TPSA) is 47.5 Å². The zero-order chi connectivity index (χ0) is 23.0. The lowest BCUT2D eigenvalue weighted by Crippen LogP contribution is -2.44. The van der Waals surface area contributed by atoms with Crippen molar-refractivity contribution in [2.24, 2.45) is 0 Å². The first-order chi connectivity index (χ1) is 16.1. The van der Waals surface area contributed by atoms with E-state index in [1.807, 2.05) is 30.3 Å². The normalized spacial score (nSPS) is 15.9.